The summed E-state index contributed by atoms with van der Waals surface area (Å²) in [4.78, 5) is 12.4. The lowest BCUT2D eigenvalue weighted by Gasteiger charge is -2.14. The third-order valence-corrected chi connectivity index (χ3v) is 3.65. The SMILES string of the molecule is O=C(Nc1ccccc1OCC(F)(F)F)c1ccc(Cn2cccn2)cc1. The van der Waals surface area contributed by atoms with E-state index in [0.29, 0.717) is 12.1 Å². The van der Waals surface area contributed by atoms with E-state index in [1.807, 2.05) is 12.3 Å². The van der Waals surface area contributed by atoms with Crippen LogP contribution in [-0.4, -0.2) is 28.5 Å². The van der Waals surface area contributed by atoms with Gasteiger partial charge in [0.05, 0.1) is 12.2 Å². The lowest BCUT2D eigenvalue weighted by molar-refractivity contribution is -0.153. The number of aromatic nitrogens is 2. The molecule has 1 N–H and O–H groups in total. The fourth-order valence-electron chi connectivity index (χ4n) is 2.39. The van der Waals surface area contributed by atoms with Gasteiger partial charge in [-0.1, -0.05) is 24.3 Å². The monoisotopic (exact) mass is 375 g/mol. The highest BCUT2D eigenvalue weighted by molar-refractivity contribution is 6.05. The summed E-state index contributed by atoms with van der Waals surface area (Å²) in [5.41, 5.74) is 1.52. The second kappa shape index (κ2) is 7.94. The quantitative estimate of drug-likeness (QED) is 0.705. The maximum absolute atomic E-state index is 12.4. The lowest BCUT2D eigenvalue weighted by Crippen LogP contribution is -2.20. The Morgan fingerprint density at radius 3 is 2.48 bits per heavy atom. The van der Waals surface area contributed by atoms with E-state index in [2.05, 4.69) is 10.4 Å². The first-order valence-corrected chi connectivity index (χ1v) is 8.07. The van der Waals surface area contributed by atoms with Crippen molar-refractivity contribution < 1.29 is 22.7 Å². The Bertz CT molecular complexity index is 891. The van der Waals surface area contributed by atoms with Crippen LogP contribution in [0.25, 0.3) is 0 Å². The Labute approximate surface area is 153 Å². The summed E-state index contributed by atoms with van der Waals surface area (Å²) in [6, 6.07) is 14.7. The summed E-state index contributed by atoms with van der Waals surface area (Å²) in [6.45, 7) is -0.856. The fourth-order valence-corrected chi connectivity index (χ4v) is 2.39. The van der Waals surface area contributed by atoms with Gasteiger partial charge in [-0.3, -0.25) is 9.48 Å². The van der Waals surface area contributed by atoms with Gasteiger partial charge in [-0.2, -0.15) is 18.3 Å². The lowest BCUT2D eigenvalue weighted by atomic mass is 10.1. The molecule has 0 aliphatic carbocycles. The third kappa shape index (κ3) is 5.34. The molecular weight excluding hydrogens is 359 g/mol. The zero-order valence-corrected chi connectivity index (χ0v) is 14.1. The molecule has 0 aliphatic heterocycles. The Balaban J connectivity index is 1.66. The van der Waals surface area contributed by atoms with Crippen LogP contribution >= 0.6 is 0 Å². The van der Waals surface area contributed by atoms with Gasteiger partial charge >= 0.3 is 6.18 Å². The van der Waals surface area contributed by atoms with Gasteiger partial charge in [-0.05, 0) is 35.9 Å². The number of nitrogens with zero attached hydrogens (tertiary/aromatic N) is 2. The molecule has 5 nitrogen and oxygen atoms in total. The molecule has 0 saturated carbocycles. The molecular formula is C19H16F3N3O2. The molecule has 0 atom stereocenters. The van der Waals surface area contributed by atoms with Crippen LogP contribution < -0.4 is 10.1 Å². The number of hydrogen-bond donors (Lipinski definition) is 1. The maximum Gasteiger partial charge on any atom is 0.422 e. The van der Waals surface area contributed by atoms with Gasteiger partial charge in [-0.25, -0.2) is 0 Å². The number of carbonyl (C=O) groups excluding carboxylic acids is 1. The van der Waals surface area contributed by atoms with Crippen molar-refractivity contribution in [1.29, 1.82) is 0 Å². The van der Waals surface area contributed by atoms with Crippen molar-refractivity contribution in [3.63, 3.8) is 0 Å². The number of halogens is 3. The van der Waals surface area contributed by atoms with Crippen molar-refractivity contribution in [3.8, 4) is 5.75 Å². The number of alkyl halides is 3. The van der Waals surface area contributed by atoms with Crippen LogP contribution in [-0.2, 0) is 6.54 Å². The van der Waals surface area contributed by atoms with E-state index in [-0.39, 0.29) is 11.4 Å². The molecule has 27 heavy (non-hydrogen) atoms. The van der Waals surface area contributed by atoms with Crippen molar-refractivity contribution in [3.05, 3.63) is 78.1 Å². The van der Waals surface area contributed by atoms with Gasteiger partial charge in [0.15, 0.2) is 6.61 Å². The summed E-state index contributed by atoms with van der Waals surface area (Å²) in [5, 5.41) is 6.69. The van der Waals surface area contributed by atoms with Crippen molar-refractivity contribution in [2.45, 2.75) is 12.7 Å². The molecule has 3 aromatic rings. The number of ether oxygens (including phenoxy) is 1. The molecule has 0 fully saturated rings. The van der Waals surface area contributed by atoms with E-state index < -0.39 is 18.7 Å². The van der Waals surface area contributed by atoms with Gasteiger partial charge in [-0.15, -0.1) is 0 Å². The first kappa shape index (κ1) is 18.5. The zero-order valence-electron chi connectivity index (χ0n) is 14.1. The fraction of sp³-hybridized carbons (Fsp3) is 0.158. The Morgan fingerprint density at radius 2 is 1.81 bits per heavy atom. The predicted octanol–water partition coefficient (Wildman–Crippen LogP) is 4.12. The van der Waals surface area contributed by atoms with E-state index in [1.165, 1.54) is 18.2 Å². The minimum Gasteiger partial charge on any atom is -0.482 e. The molecule has 0 saturated heterocycles. The molecule has 8 heteroatoms. The second-order valence-corrected chi connectivity index (χ2v) is 5.75. The van der Waals surface area contributed by atoms with Crippen LogP contribution in [0.15, 0.2) is 67.0 Å². The van der Waals surface area contributed by atoms with Gasteiger partial charge in [0.2, 0.25) is 0 Å². The van der Waals surface area contributed by atoms with Crippen LogP contribution in [0.1, 0.15) is 15.9 Å². The Kier molecular flexibility index (Phi) is 5.44. The topological polar surface area (TPSA) is 56.1 Å². The van der Waals surface area contributed by atoms with Gasteiger partial charge in [0, 0.05) is 18.0 Å². The standard InChI is InChI=1S/C19H16F3N3O2/c20-19(21,22)13-27-17-5-2-1-4-16(17)24-18(26)15-8-6-14(7-9-15)12-25-11-3-10-23-25/h1-11H,12-13H2,(H,24,26). The number of carbonyl (C=O) groups is 1. The van der Waals surface area contributed by atoms with E-state index in [4.69, 9.17) is 4.74 Å². The summed E-state index contributed by atoms with van der Waals surface area (Å²) < 4.78 is 43.6. The van der Waals surface area contributed by atoms with Crippen LogP contribution in [0.2, 0.25) is 0 Å². The molecule has 0 aliphatic rings. The number of anilines is 1. The molecule has 1 aromatic heterocycles. The summed E-state index contributed by atoms with van der Waals surface area (Å²) in [6.07, 6.45) is -0.944. The van der Waals surface area contributed by atoms with Gasteiger partial charge in [0.1, 0.15) is 5.75 Å². The largest absolute Gasteiger partial charge is 0.482 e. The van der Waals surface area contributed by atoms with Crippen LogP contribution in [0.4, 0.5) is 18.9 Å². The first-order chi connectivity index (χ1) is 12.9. The summed E-state index contributed by atoms with van der Waals surface area (Å²) >= 11 is 0. The van der Waals surface area contributed by atoms with Crippen LogP contribution in [0, 0.1) is 0 Å². The highest BCUT2D eigenvalue weighted by Gasteiger charge is 2.28. The predicted molar refractivity (Wildman–Crippen MR) is 93.7 cm³/mol. The van der Waals surface area contributed by atoms with Crippen molar-refractivity contribution >= 4 is 11.6 Å². The molecule has 0 spiro atoms. The smallest absolute Gasteiger partial charge is 0.422 e. The van der Waals surface area contributed by atoms with Crippen LogP contribution in [0.3, 0.4) is 0 Å². The minimum absolute atomic E-state index is 0.0431. The van der Waals surface area contributed by atoms with E-state index in [1.54, 1.807) is 41.2 Å². The summed E-state index contributed by atoms with van der Waals surface area (Å²) in [7, 11) is 0. The average Bonchev–Trinajstić information content (AvgIpc) is 3.14. The number of hydrogen-bond acceptors (Lipinski definition) is 3. The Hall–Kier alpha value is -3.29. The second-order valence-electron chi connectivity index (χ2n) is 5.75. The number of rotatable bonds is 6. The average molecular weight is 375 g/mol. The normalized spacial score (nSPS) is 11.2. The zero-order chi connectivity index (χ0) is 19.3. The maximum atomic E-state index is 12.4. The third-order valence-electron chi connectivity index (χ3n) is 3.65. The Morgan fingerprint density at radius 1 is 1.07 bits per heavy atom. The molecule has 140 valence electrons. The molecule has 1 heterocycles. The van der Waals surface area contributed by atoms with Crippen LogP contribution in [0.5, 0.6) is 5.75 Å². The van der Waals surface area contributed by atoms with Crippen molar-refractivity contribution in [2.75, 3.05) is 11.9 Å². The van der Waals surface area contributed by atoms with Gasteiger partial charge in [0.25, 0.3) is 5.91 Å². The molecule has 0 bridgehead atoms. The van der Waals surface area contributed by atoms with E-state index >= 15 is 0 Å². The summed E-state index contributed by atoms with van der Waals surface area (Å²) in [5.74, 6) is -0.484. The number of benzene rings is 2. The first-order valence-electron chi connectivity index (χ1n) is 8.07. The molecule has 3 rings (SSSR count). The minimum atomic E-state index is -4.46. The number of amides is 1. The van der Waals surface area contributed by atoms with Crippen molar-refractivity contribution in [1.82, 2.24) is 9.78 Å². The van der Waals surface area contributed by atoms with Gasteiger partial charge < -0.3 is 10.1 Å². The number of nitrogens with one attached hydrogen (secondary N) is 1. The van der Waals surface area contributed by atoms with E-state index in [0.717, 1.165) is 5.56 Å². The highest BCUT2D eigenvalue weighted by atomic mass is 19.4. The molecule has 0 unspecified atom stereocenters. The highest BCUT2D eigenvalue weighted by Crippen LogP contribution is 2.26. The molecule has 0 radical (unpaired) electrons. The van der Waals surface area contributed by atoms with Crippen molar-refractivity contribution in [2.24, 2.45) is 0 Å². The molecule has 1 amide bonds. The molecule has 2 aromatic carbocycles. The number of para-hydroxylation sites is 2. The van der Waals surface area contributed by atoms with E-state index in [9.17, 15) is 18.0 Å².